The smallest absolute Gasteiger partial charge is 0.224 e. The van der Waals surface area contributed by atoms with Gasteiger partial charge in [-0.3, -0.25) is 9.59 Å². The molecule has 2 aliphatic rings. The standard InChI is InChI=1S/C18H28N4O3/c1-25-10-4-17(23)22-8-3-14-11-15(16(14)12-22)18(24)20-5-2-7-21-9-6-19-13-21/h6,9,13-16H,2-5,7-8,10-12H2,1H3,(H,20,24)/t14-,15-,16-/m1/s1. The van der Waals surface area contributed by atoms with Crippen molar-refractivity contribution in [1.82, 2.24) is 19.8 Å². The molecule has 25 heavy (non-hydrogen) atoms. The number of aryl methyl sites for hydroxylation is 1. The van der Waals surface area contributed by atoms with Crippen LogP contribution in [0.15, 0.2) is 18.7 Å². The Bertz CT molecular complexity index is 575. The van der Waals surface area contributed by atoms with E-state index in [1.165, 1.54) is 0 Å². The van der Waals surface area contributed by atoms with Crippen LogP contribution in [0.3, 0.4) is 0 Å². The summed E-state index contributed by atoms with van der Waals surface area (Å²) in [6.45, 7) is 3.55. The number of likely N-dealkylation sites (tertiary alicyclic amines) is 1. The molecule has 0 radical (unpaired) electrons. The zero-order valence-corrected chi connectivity index (χ0v) is 14.9. The van der Waals surface area contributed by atoms with Crippen LogP contribution in [0.1, 0.15) is 25.7 Å². The quantitative estimate of drug-likeness (QED) is 0.709. The van der Waals surface area contributed by atoms with Gasteiger partial charge in [0.05, 0.1) is 19.4 Å². The second-order valence-corrected chi connectivity index (χ2v) is 7.08. The van der Waals surface area contributed by atoms with Crippen molar-refractivity contribution in [2.45, 2.75) is 32.2 Å². The molecule has 3 rings (SSSR count). The maximum atomic E-state index is 12.4. The molecule has 7 heteroatoms. The maximum Gasteiger partial charge on any atom is 0.224 e. The van der Waals surface area contributed by atoms with Gasteiger partial charge in [-0.25, -0.2) is 4.98 Å². The molecule has 7 nitrogen and oxygen atoms in total. The summed E-state index contributed by atoms with van der Waals surface area (Å²) in [5, 5.41) is 3.06. The van der Waals surface area contributed by atoms with E-state index in [1.807, 2.05) is 15.7 Å². The Morgan fingerprint density at radius 2 is 2.28 bits per heavy atom. The van der Waals surface area contributed by atoms with E-state index in [9.17, 15) is 9.59 Å². The van der Waals surface area contributed by atoms with Gasteiger partial charge >= 0.3 is 0 Å². The third-order valence-corrected chi connectivity index (χ3v) is 5.54. The van der Waals surface area contributed by atoms with Crippen molar-refractivity contribution in [2.24, 2.45) is 17.8 Å². The van der Waals surface area contributed by atoms with Crippen molar-refractivity contribution in [3.8, 4) is 0 Å². The minimum atomic E-state index is 0.0660. The van der Waals surface area contributed by atoms with Gasteiger partial charge in [-0.2, -0.15) is 0 Å². The highest BCUT2D eigenvalue weighted by atomic mass is 16.5. The largest absolute Gasteiger partial charge is 0.384 e. The lowest BCUT2D eigenvalue weighted by Crippen LogP contribution is -2.56. The number of carbonyl (C=O) groups is 2. The van der Waals surface area contributed by atoms with Crippen LogP contribution < -0.4 is 5.32 Å². The van der Waals surface area contributed by atoms with Crippen molar-refractivity contribution >= 4 is 11.8 Å². The second-order valence-electron chi connectivity index (χ2n) is 7.08. The molecule has 2 heterocycles. The molecule has 0 bridgehead atoms. The molecule has 1 aliphatic carbocycles. The molecule has 0 unspecified atom stereocenters. The fourth-order valence-corrected chi connectivity index (χ4v) is 3.98. The van der Waals surface area contributed by atoms with Crippen LogP contribution in [-0.4, -0.2) is 59.6 Å². The van der Waals surface area contributed by atoms with Gasteiger partial charge in [-0.1, -0.05) is 0 Å². The Morgan fingerprint density at radius 3 is 3.04 bits per heavy atom. The fraction of sp³-hybridized carbons (Fsp3) is 0.722. The number of imidazole rings is 1. The first-order valence-electron chi connectivity index (χ1n) is 9.19. The molecule has 2 fully saturated rings. The topological polar surface area (TPSA) is 76.5 Å². The molecule has 1 aromatic rings. The Kier molecular flexibility index (Phi) is 6.07. The molecule has 1 saturated carbocycles. The zero-order chi connectivity index (χ0) is 17.6. The van der Waals surface area contributed by atoms with Gasteiger partial charge in [0, 0.05) is 51.6 Å². The number of nitrogens with one attached hydrogen (secondary N) is 1. The summed E-state index contributed by atoms with van der Waals surface area (Å²) in [7, 11) is 1.61. The summed E-state index contributed by atoms with van der Waals surface area (Å²) < 4.78 is 7.00. The monoisotopic (exact) mass is 348 g/mol. The molecule has 1 saturated heterocycles. The van der Waals surface area contributed by atoms with Crippen LogP contribution in [0.25, 0.3) is 0 Å². The van der Waals surface area contributed by atoms with Crippen molar-refractivity contribution in [2.75, 3.05) is 33.4 Å². The number of piperidine rings is 1. The Hall–Kier alpha value is -1.89. The molecule has 3 atom stereocenters. The van der Waals surface area contributed by atoms with E-state index < -0.39 is 0 Å². The first kappa shape index (κ1) is 17.9. The van der Waals surface area contributed by atoms with Gasteiger partial charge in [0.1, 0.15) is 0 Å². The minimum absolute atomic E-state index is 0.0660. The predicted molar refractivity (Wildman–Crippen MR) is 92.6 cm³/mol. The molecule has 1 aromatic heterocycles. The first-order valence-corrected chi connectivity index (χ1v) is 9.19. The van der Waals surface area contributed by atoms with Gasteiger partial charge in [0.25, 0.3) is 0 Å². The second kappa shape index (κ2) is 8.47. The van der Waals surface area contributed by atoms with Crippen molar-refractivity contribution in [3.63, 3.8) is 0 Å². The molecule has 1 aliphatic heterocycles. The molecular weight excluding hydrogens is 320 g/mol. The van der Waals surface area contributed by atoms with E-state index in [1.54, 1.807) is 19.6 Å². The van der Waals surface area contributed by atoms with Crippen LogP contribution in [0.2, 0.25) is 0 Å². The summed E-state index contributed by atoms with van der Waals surface area (Å²) in [5.41, 5.74) is 0. The minimum Gasteiger partial charge on any atom is -0.384 e. The van der Waals surface area contributed by atoms with Gasteiger partial charge in [0.2, 0.25) is 11.8 Å². The molecule has 2 amide bonds. The van der Waals surface area contributed by atoms with Gasteiger partial charge in [-0.05, 0) is 31.1 Å². The lowest BCUT2D eigenvalue weighted by molar-refractivity contribution is -0.145. The number of aromatic nitrogens is 2. The molecular formula is C18H28N4O3. The van der Waals surface area contributed by atoms with E-state index >= 15 is 0 Å². The van der Waals surface area contributed by atoms with E-state index in [0.717, 1.165) is 38.9 Å². The van der Waals surface area contributed by atoms with Crippen LogP contribution in [0.5, 0.6) is 0 Å². The van der Waals surface area contributed by atoms with Crippen LogP contribution >= 0.6 is 0 Å². The summed E-state index contributed by atoms with van der Waals surface area (Å²) >= 11 is 0. The van der Waals surface area contributed by atoms with Gasteiger partial charge < -0.3 is 19.5 Å². The number of hydrogen-bond acceptors (Lipinski definition) is 4. The molecule has 0 spiro atoms. The van der Waals surface area contributed by atoms with E-state index in [-0.39, 0.29) is 17.7 Å². The number of fused-ring (bicyclic) bond motifs is 1. The number of hydrogen-bond donors (Lipinski definition) is 1. The summed E-state index contributed by atoms with van der Waals surface area (Å²) in [4.78, 5) is 30.5. The zero-order valence-electron chi connectivity index (χ0n) is 14.9. The average Bonchev–Trinajstić information content (AvgIpc) is 3.11. The third kappa shape index (κ3) is 4.39. The highest BCUT2D eigenvalue weighted by Crippen LogP contribution is 2.45. The van der Waals surface area contributed by atoms with Crippen LogP contribution in [0, 0.1) is 17.8 Å². The number of carbonyl (C=O) groups excluding carboxylic acids is 2. The first-order chi connectivity index (χ1) is 12.2. The van der Waals surface area contributed by atoms with Crippen molar-refractivity contribution < 1.29 is 14.3 Å². The van der Waals surface area contributed by atoms with E-state index in [2.05, 4.69) is 10.3 Å². The number of methoxy groups -OCH3 is 1. The van der Waals surface area contributed by atoms with Gasteiger partial charge in [-0.15, -0.1) is 0 Å². The third-order valence-electron chi connectivity index (χ3n) is 5.54. The highest BCUT2D eigenvalue weighted by Gasteiger charge is 2.48. The summed E-state index contributed by atoms with van der Waals surface area (Å²) in [6.07, 6.45) is 8.79. The molecule has 1 N–H and O–H groups in total. The SMILES string of the molecule is COCCC(=O)N1CC[C@@H]2C[C@@H](C(=O)NCCCn3ccnc3)[C@@H]2C1. The highest BCUT2D eigenvalue weighted by molar-refractivity contribution is 5.80. The number of amides is 2. The van der Waals surface area contributed by atoms with E-state index in [4.69, 9.17) is 4.74 Å². The fourth-order valence-electron chi connectivity index (χ4n) is 3.98. The Balaban J connectivity index is 1.39. The number of ether oxygens (including phenoxy) is 1. The number of rotatable bonds is 8. The van der Waals surface area contributed by atoms with Crippen LogP contribution in [-0.2, 0) is 20.9 Å². The van der Waals surface area contributed by atoms with Crippen molar-refractivity contribution in [3.05, 3.63) is 18.7 Å². The Morgan fingerprint density at radius 1 is 1.40 bits per heavy atom. The molecule has 0 aromatic carbocycles. The Labute approximate surface area is 148 Å². The summed E-state index contributed by atoms with van der Waals surface area (Å²) in [5.74, 6) is 1.29. The van der Waals surface area contributed by atoms with Crippen molar-refractivity contribution in [1.29, 1.82) is 0 Å². The predicted octanol–water partition coefficient (Wildman–Crippen LogP) is 0.911. The lowest BCUT2D eigenvalue weighted by atomic mass is 9.61. The normalized spacial score (nSPS) is 25.2. The van der Waals surface area contributed by atoms with Crippen LogP contribution in [0.4, 0.5) is 0 Å². The molecule has 138 valence electrons. The van der Waals surface area contributed by atoms with E-state index in [0.29, 0.717) is 31.4 Å². The van der Waals surface area contributed by atoms with Gasteiger partial charge in [0.15, 0.2) is 0 Å². The summed E-state index contributed by atoms with van der Waals surface area (Å²) in [6, 6.07) is 0. The number of nitrogens with zero attached hydrogens (tertiary/aromatic N) is 3. The lowest BCUT2D eigenvalue weighted by Gasteiger charge is -2.50. The maximum absolute atomic E-state index is 12.4. The average molecular weight is 348 g/mol.